The summed E-state index contributed by atoms with van der Waals surface area (Å²) < 4.78 is 0. The van der Waals surface area contributed by atoms with Crippen molar-refractivity contribution in [2.45, 2.75) is 12.8 Å². The van der Waals surface area contributed by atoms with E-state index in [9.17, 15) is 4.79 Å². The van der Waals surface area contributed by atoms with Crippen molar-refractivity contribution in [2.75, 3.05) is 44.2 Å². The number of thiophene rings is 1. The van der Waals surface area contributed by atoms with Crippen LogP contribution in [0.5, 0.6) is 0 Å². The topological polar surface area (TPSA) is 35.6 Å². The minimum atomic E-state index is 0.0170. The molecule has 4 rings (SSSR count). The SMILES string of the molecule is O=C(NCCCCN1CCN(c2ccccc2)CC1)c1ccc(-c2ccsc2)cc1. The summed E-state index contributed by atoms with van der Waals surface area (Å²) in [6.07, 6.45) is 2.13. The number of unbranched alkanes of at least 4 members (excludes halogenated alkanes) is 1. The highest BCUT2D eigenvalue weighted by molar-refractivity contribution is 7.08. The first-order valence-corrected chi connectivity index (χ1v) is 11.7. The number of carbonyl (C=O) groups excluding carboxylic acids is 1. The Balaban J connectivity index is 1.12. The molecule has 1 fully saturated rings. The third kappa shape index (κ3) is 5.49. The zero-order chi connectivity index (χ0) is 20.6. The number of hydrogen-bond acceptors (Lipinski definition) is 4. The van der Waals surface area contributed by atoms with Crippen LogP contribution in [0.1, 0.15) is 23.2 Å². The Bertz CT molecular complexity index is 901. The number of hydrogen-bond donors (Lipinski definition) is 1. The van der Waals surface area contributed by atoms with Crippen LogP contribution in [0.4, 0.5) is 5.69 Å². The summed E-state index contributed by atoms with van der Waals surface area (Å²) >= 11 is 1.68. The van der Waals surface area contributed by atoms with Crippen molar-refractivity contribution in [1.29, 1.82) is 0 Å². The van der Waals surface area contributed by atoms with Gasteiger partial charge in [-0.3, -0.25) is 9.69 Å². The third-order valence-corrected chi connectivity index (χ3v) is 6.37. The van der Waals surface area contributed by atoms with Gasteiger partial charge < -0.3 is 10.2 Å². The quantitative estimate of drug-likeness (QED) is 0.535. The van der Waals surface area contributed by atoms with Gasteiger partial charge in [0.25, 0.3) is 5.91 Å². The summed E-state index contributed by atoms with van der Waals surface area (Å²) in [5.74, 6) is 0.0170. The molecule has 30 heavy (non-hydrogen) atoms. The molecule has 156 valence electrons. The lowest BCUT2D eigenvalue weighted by Gasteiger charge is -2.36. The first-order chi connectivity index (χ1) is 14.8. The number of piperazine rings is 1. The number of anilines is 1. The number of carbonyl (C=O) groups is 1. The summed E-state index contributed by atoms with van der Waals surface area (Å²) in [4.78, 5) is 17.3. The fourth-order valence-corrected chi connectivity index (χ4v) is 4.54. The molecule has 4 nitrogen and oxygen atoms in total. The highest BCUT2D eigenvalue weighted by atomic mass is 32.1. The van der Waals surface area contributed by atoms with Gasteiger partial charge >= 0.3 is 0 Å². The zero-order valence-electron chi connectivity index (χ0n) is 17.3. The molecule has 0 saturated carbocycles. The van der Waals surface area contributed by atoms with Crippen LogP contribution in [0.2, 0.25) is 0 Å². The van der Waals surface area contributed by atoms with Gasteiger partial charge in [-0.05, 0) is 71.6 Å². The number of para-hydroxylation sites is 1. The number of nitrogens with one attached hydrogen (secondary N) is 1. The van der Waals surface area contributed by atoms with E-state index in [2.05, 4.69) is 62.3 Å². The van der Waals surface area contributed by atoms with Crippen molar-refractivity contribution in [3.05, 3.63) is 77.0 Å². The van der Waals surface area contributed by atoms with Crippen LogP contribution in [0.3, 0.4) is 0 Å². The molecule has 1 amide bonds. The highest BCUT2D eigenvalue weighted by Crippen LogP contribution is 2.22. The Kier molecular flexibility index (Phi) is 7.16. The van der Waals surface area contributed by atoms with Crippen molar-refractivity contribution in [1.82, 2.24) is 10.2 Å². The summed E-state index contributed by atoms with van der Waals surface area (Å²) in [5.41, 5.74) is 4.41. The van der Waals surface area contributed by atoms with E-state index in [1.54, 1.807) is 11.3 Å². The van der Waals surface area contributed by atoms with Gasteiger partial charge in [-0.2, -0.15) is 11.3 Å². The Morgan fingerprint density at radius 3 is 2.33 bits per heavy atom. The van der Waals surface area contributed by atoms with E-state index < -0.39 is 0 Å². The molecule has 0 spiro atoms. The van der Waals surface area contributed by atoms with E-state index in [1.165, 1.54) is 11.3 Å². The highest BCUT2D eigenvalue weighted by Gasteiger charge is 2.16. The third-order valence-electron chi connectivity index (χ3n) is 5.68. The standard InChI is InChI=1S/C25H29N3OS/c29-25(22-10-8-21(9-11-22)23-12-19-30-20-23)26-13-4-5-14-27-15-17-28(18-16-27)24-6-2-1-3-7-24/h1-3,6-12,19-20H,4-5,13-18H2,(H,26,29). The molecule has 2 aromatic carbocycles. The summed E-state index contributed by atoms with van der Waals surface area (Å²) in [6, 6.07) is 20.6. The van der Waals surface area contributed by atoms with Gasteiger partial charge in [0.2, 0.25) is 0 Å². The van der Waals surface area contributed by atoms with Gasteiger partial charge in [-0.25, -0.2) is 0 Å². The monoisotopic (exact) mass is 419 g/mol. The Hall–Kier alpha value is -2.63. The summed E-state index contributed by atoms with van der Waals surface area (Å²) in [7, 11) is 0. The molecule has 5 heteroatoms. The zero-order valence-corrected chi connectivity index (χ0v) is 18.1. The van der Waals surface area contributed by atoms with Crippen LogP contribution >= 0.6 is 11.3 Å². The molecular formula is C25H29N3OS. The van der Waals surface area contributed by atoms with Crippen LogP contribution in [-0.4, -0.2) is 50.1 Å². The smallest absolute Gasteiger partial charge is 0.251 e. The second-order valence-electron chi connectivity index (χ2n) is 7.72. The van der Waals surface area contributed by atoms with Crippen molar-refractivity contribution >= 4 is 22.9 Å². The molecule has 0 unspecified atom stereocenters. The van der Waals surface area contributed by atoms with Crippen molar-refractivity contribution in [3.63, 3.8) is 0 Å². The average molecular weight is 420 g/mol. The van der Waals surface area contributed by atoms with Crippen LogP contribution in [0, 0.1) is 0 Å². The number of amides is 1. The Morgan fingerprint density at radius 2 is 1.63 bits per heavy atom. The maximum Gasteiger partial charge on any atom is 0.251 e. The molecule has 0 bridgehead atoms. The normalized spacial score (nSPS) is 14.6. The molecular weight excluding hydrogens is 390 g/mol. The van der Waals surface area contributed by atoms with Gasteiger partial charge in [0.15, 0.2) is 0 Å². The van der Waals surface area contributed by atoms with Gasteiger partial charge in [0.1, 0.15) is 0 Å². The largest absolute Gasteiger partial charge is 0.369 e. The van der Waals surface area contributed by atoms with E-state index in [0.717, 1.165) is 63.2 Å². The molecule has 1 aliphatic rings. The Morgan fingerprint density at radius 1 is 0.867 bits per heavy atom. The fourth-order valence-electron chi connectivity index (χ4n) is 3.88. The van der Waals surface area contributed by atoms with Gasteiger partial charge in [0.05, 0.1) is 0 Å². The van der Waals surface area contributed by atoms with Crippen LogP contribution in [0.25, 0.3) is 11.1 Å². The van der Waals surface area contributed by atoms with E-state index in [1.807, 2.05) is 24.3 Å². The maximum atomic E-state index is 12.4. The van der Waals surface area contributed by atoms with E-state index >= 15 is 0 Å². The maximum absolute atomic E-state index is 12.4. The fraction of sp³-hybridized carbons (Fsp3) is 0.320. The molecule has 0 radical (unpaired) electrons. The minimum absolute atomic E-state index is 0.0170. The van der Waals surface area contributed by atoms with E-state index in [0.29, 0.717) is 0 Å². The van der Waals surface area contributed by atoms with Gasteiger partial charge in [0, 0.05) is 44.0 Å². The van der Waals surface area contributed by atoms with Crippen molar-refractivity contribution in [3.8, 4) is 11.1 Å². The molecule has 0 atom stereocenters. The lowest BCUT2D eigenvalue weighted by atomic mass is 10.1. The first-order valence-electron chi connectivity index (χ1n) is 10.7. The van der Waals surface area contributed by atoms with Crippen LogP contribution in [0.15, 0.2) is 71.4 Å². The van der Waals surface area contributed by atoms with Gasteiger partial charge in [-0.1, -0.05) is 30.3 Å². The van der Waals surface area contributed by atoms with Crippen LogP contribution < -0.4 is 10.2 Å². The lowest BCUT2D eigenvalue weighted by Crippen LogP contribution is -2.46. The molecule has 0 aliphatic carbocycles. The van der Waals surface area contributed by atoms with Crippen molar-refractivity contribution in [2.24, 2.45) is 0 Å². The number of nitrogens with zero attached hydrogens (tertiary/aromatic N) is 2. The first kappa shape index (κ1) is 20.6. The van der Waals surface area contributed by atoms with Crippen molar-refractivity contribution < 1.29 is 4.79 Å². The summed E-state index contributed by atoms with van der Waals surface area (Å²) in [6.45, 7) is 6.22. The molecule has 1 N–H and O–H groups in total. The molecule has 1 aromatic heterocycles. The van der Waals surface area contributed by atoms with Crippen LogP contribution in [-0.2, 0) is 0 Å². The molecule has 3 aromatic rings. The molecule has 1 aliphatic heterocycles. The second-order valence-corrected chi connectivity index (χ2v) is 8.50. The van der Waals surface area contributed by atoms with E-state index in [4.69, 9.17) is 0 Å². The molecule has 2 heterocycles. The predicted octanol–water partition coefficient (Wildman–Crippen LogP) is 4.75. The predicted molar refractivity (Wildman–Crippen MR) is 126 cm³/mol. The summed E-state index contributed by atoms with van der Waals surface area (Å²) in [5, 5.41) is 7.25. The second kappa shape index (κ2) is 10.4. The van der Waals surface area contributed by atoms with E-state index in [-0.39, 0.29) is 5.91 Å². The number of rotatable bonds is 8. The number of benzene rings is 2. The van der Waals surface area contributed by atoms with Gasteiger partial charge in [-0.15, -0.1) is 0 Å². The minimum Gasteiger partial charge on any atom is -0.369 e. The average Bonchev–Trinajstić information content (AvgIpc) is 3.35. The Labute approximate surface area is 183 Å². The molecule has 1 saturated heterocycles. The lowest BCUT2D eigenvalue weighted by molar-refractivity contribution is 0.0952.